The Morgan fingerprint density at radius 3 is 2.56 bits per heavy atom. The molecule has 1 amide bonds. The minimum atomic E-state index is -0.496. The monoisotopic (exact) mass is 289 g/mol. The molecule has 0 radical (unpaired) electrons. The SMILES string of the molecule is CCC(CC)C(O)CNC(=O)c1scc(C)c1Cl. The highest BCUT2D eigenvalue weighted by Crippen LogP contribution is 2.26. The summed E-state index contributed by atoms with van der Waals surface area (Å²) in [6.07, 6.45) is 1.32. The summed E-state index contributed by atoms with van der Waals surface area (Å²) in [7, 11) is 0. The van der Waals surface area contributed by atoms with E-state index < -0.39 is 6.10 Å². The standard InChI is InChI=1S/C13H20ClNO2S/c1-4-9(5-2)10(16)6-15-13(17)12-11(14)8(3)7-18-12/h7,9-10,16H,4-6H2,1-3H3,(H,15,17). The molecule has 3 nitrogen and oxygen atoms in total. The van der Waals surface area contributed by atoms with Gasteiger partial charge in [0, 0.05) is 6.54 Å². The van der Waals surface area contributed by atoms with E-state index in [-0.39, 0.29) is 18.4 Å². The Morgan fingerprint density at radius 2 is 2.11 bits per heavy atom. The van der Waals surface area contributed by atoms with E-state index in [4.69, 9.17) is 11.6 Å². The average molecular weight is 290 g/mol. The van der Waals surface area contributed by atoms with Gasteiger partial charge in [-0.2, -0.15) is 0 Å². The van der Waals surface area contributed by atoms with Crippen LogP contribution < -0.4 is 5.32 Å². The summed E-state index contributed by atoms with van der Waals surface area (Å²) in [6, 6.07) is 0. The maximum Gasteiger partial charge on any atom is 0.262 e. The Labute approximate surface area is 117 Å². The van der Waals surface area contributed by atoms with Gasteiger partial charge in [0.15, 0.2) is 0 Å². The molecule has 2 N–H and O–H groups in total. The Morgan fingerprint density at radius 1 is 1.50 bits per heavy atom. The van der Waals surface area contributed by atoms with E-state index in [1.165, 1.54) is 11.3 Å². The van der Waals surface area contributed by atoms with Gasteiger partial charge in [0.25, 0.3) is 5.91 Å². The first kappa shape index (κ1) is 15.5. The normalized spacial score (nSPS) is 12.8. The Bertz CT molecular complexity index is 402. The molecule has 5 heteroatoms. The molecule has 0 fully saturated rings. The van der Waals surface area contributed by atoms with Crippen LogP contribution >= 0.6 is 22.9 Å². The van der Waals surface area contributed by atoms with E-state index in [0.717, 1.165) is 18.4 Å². The van der Waals surface area contributed by atoms with Crippen LogP contribution in [0.3, 0.4) is 0 Å². The van der Waals surface area contributed by atoms with Gasteiger partial charge in [0.1, 0.15) is 4.88 Å². The van der Waals surface area contributed by atoms with Crippen molar-refractivity contribution in [3.8, 4) is 0 Å². The topological polar surface area (TPSA) is 49.3 Å². The van der Waals surface area contributed by atoms with Gasteiger partial charge in [-0.3, -0.25) is 4.79 Å². The quantitative estimate of drug-likeness (QED) is 0.845. The fraction of sp³-hybridized carbons (Fsp3) is 0.615. The van der Waals surface area contributed by atoms with Gasteiger partial charge in [0.2, 0.25) is 0 Å². The second-order valence-electron chi connectivity index (χ2n) is 4.42. The van der Waals surface area contributed by atoms with Gasteiger partial charge < -0.3 is 10.4 Å². The highest BCUT2D eigenvalue weighted by atomic mass is 35.5. The zero-order valence-electron chi connectivity index (χ0n) is 11.0. The fourth-order valence-corrected chi connectivity index (χ4v) is 3.05. The van der Waals surface area contributed by atoms with Gasteiger partial charge >= 0.3 is 0 Å². The molecule has 1 aromatic heterocycles. The predicted molar refractivity (Wildman–Crippen MR) is 76.5 cm³/mol. The second kappa shape index (κ2) is 7.12. The first-order valence-corrected chi connectivity index (χ1v) is 7.46. The van der Waals surface area contributed by atoms with Crippen molar-refractivity contribution < 1.29 is 9.90 Å². The van der Waals surface area contributed by atoms with Crippen molar-refractivity contribution in [2.45, 2.75) is 39.7 Å². The minimum Gasteiger partial charge on any atom is -0.391 e. The van der Waals surface area contributed by atoms with Crippen molar-refractivity contribution in [1.82, 2.24) is 5.32 Å². The number of halogens is 1. The Hall–Kier alpha value is -0.580. The molecule has 0 saturated carbocycles. The number of nitrogens with one attached hydrogen (secondary N) is 1. The van der Waals surface area contributed by atoms with Crippen molar-refractivity contribution in [3.63, 3.8) is 0 Å². The molecule has 0 saturated heterocycles. The first-order valence-electron chi connectivity index (χ1n) is 6.21. The number of thiophene rings is 1. The third kappa shape index (κ3) is 3.70. The van der Waals surface area contributed by atoms with E-state index in [2.05, 4.69) is 5.32 Å². The van der Waals surface area contributed by atoms with Crippen LogP contribution in [-0.2, 0) is 0 Å². The molecule has 102 valence electrons. The van der Waals surface area contributed by atoms with E-state index in [0.29, 0.717) is 9.90 Å². The molecule has 1 unspecified atom stereocenters. The Kier molecular flexibility index (Phi) is 6.12. The van der Waals surface area contributed by atoms with E-state index in [9.17, 15) is 9.90 Å². The molecule has 0 aliphatic carbocycles. The second-order valence-corrected chi connectivity index (χ2v) is 5.67. The third-order valence-corrected chi connectivity index (χ3v) is 4.87. The number of hydrogen-bond donors (Lipinski definition) is 2. The molecule has 1 aromatic rings. The highest BCUT2D eigenvalue weighted by molar-refractivity contribution is 7.13. The zero-order chi connectivity index (χ0) is 13.7. The van der Waals surface area contributed by atoms with Crippen molar-refractivity contribution in [1.29, 1.82) is 0 Å². The lowest BCUT2D eigenvalue weighted by Gasteiger charge is -2.20. The van der Waals surface area contributed by atoms with Crippen molar-refractivity contribution in [2.24, 2.45) is 5.92 Å². The number of hydrogen-bond acceptors (Lipinski definition) is 3. The van der Waals surface area contributed by atoms with Crippen molar-refractivity contribution >= 4 is 28.8 Å². The number of carbonyl (C=O) groups excluding carboxylic acids is 1. The van der Waals surface area contributed by atoms with Gasteiger partial charge in [0.05, 0.1) is 11.1 Å². The van der Waals surface area contributed by atoms with Crippen LogP contribution in [0.5, 0.6) is 0 Å². The number of rotatable bonds is 6. The zero-order valence-corrected chi connectivity index (χ0v) is 12.6. The van der Waals surface area contributed by atoms with Crippen LogP contribution in [-0.4, -0.2) is 23.7 Å². The van der Waals surface area contributed by atoms with Crippen molar-refractivity contribution in [2.75, 3.05) is 6.54 Å². The number of aliphatic hydroxyl groups excluding tert-OH is 1. The molecule has 0 bridgehead atoms. The summed E-state index contributed by atoms with van der Waals surface area (Å²) in [6.45, 7) is 6.23. The third-order valence-electron chi connectivity index (χ3n) is 3.17. The molecule has 18 heavy (non-hydrogen) atoms. The fourth-order valence-electron chi connectivity index (χ4n) is 1.86. The smallest absolute Gasteiger partial charge is 0.262 e. The van der Waals surface area contributed by atoms with Crippen LogP contribution in [0.4, 0.5) is 0 Å². The van der Waals surface area contributed by atoms with Crippen LogP contribution in [0.2, 0.25) is 5.02 Å². The number of aliphatic hydroxyl groups is 1. The highest BCUT2D eigenvalue weighted by Gasteiger charge is 2.19. The maximum atomic E-state index is 11.9. The average Bonchev–Trinajstić information content (AvgIpc) is 2.69. The summed E-state index contributed by atoms with van der Waals surface area (Å²) in [5.41, 5.74) is 0.910. The van der Waals surface area contributed by atoms with Gasteiger partial charge in [-0.1, -0.05) is 38.3 Å². The molecule has 0 aromatic carbocycles. The number of carbonyl (C=O) groups is 1. The van der Waals surface area contributed by atoms with Crippen LogP contribution in [0.15, 0.2) is 5.38 Å². The molecule has 0 aliphatic rings. The summed E-state index contributed by atoms with van der Waals surface area (Å²) >= 11 is 7.35. The van der Waals surface area contributed by atoms with Crippen LogP contribution in [0.1, 0.15) is 41.9 Å². The van der Waals surface area contributed by atoms with Crippen LogP contribution in [0, 0.1) is 12.8 Å². The van der Waals surface area contributed by atoms with Gasteiger partial charge in [-0.25, -0.2) is 0 Å². The summed E-state index contributed by atoms with van der Waals surface area (Å²) in [4.78, 5) is 12.4. The summed E-state index contributed by atoms with van der Waals surface area (Å²) in [5.74, 6) is 0.0222. The predicted octanol–water partition coefficient (Wildman–Crippen LogP) is 3.24. The lowest BCUT2D eigenvalue weighted by molar-refractivity contribution is 0.0819. The Balaban J connectivity index is 2.54. The molecular weight excluding hydrogens is 270 g/mol. The van der Waals surface area contributed by atoms with Crippen LogP contribution in [0.25, 0.3) is 0 Å². The van der Waals surface area contributed by atoms with E-state index in [1.807, 2.05) is 26.2 Å². The lowest BCUT2D eigenvalue weighted by Crippen LogP contribution is -2.35. The van der Waals surface area contributed by atoms with E-state index >= 15 is 0 Å². The molecule has 0 aliphatic heterocycles. The molecule has 1 rings (SSSR count). The largest absolute Gasteiger partial charge is 0.391 e. The first-order chi connectivity index (χ1) is 8.51. The molecule has 1 atom stereocenters. The number of amides is 1. The molecule has 1 heterocycles. The number of aryl methyl sites for hydroxylation is 1. The van der Waals surface area contributed by atoms with Crippen molar-refractivity contribution in [3.05, 3.63) is 20.8 Å². The molecule has 0 spiro atoms. The molecular formula is C13H20ClNO2S. The minimum absolute atomic E-state index is 0.205. The summed E-state index contributed by atoms with van der Waals surface area (Å²) in [5, 5.41) is 15.0. The van der Waals surface area contributed by atoms with Gasteiger partial charge in [-0.05, 0) is 23.8 Å². The summed E-state index contributed by atoms with van der Waals surface area (Å²) < 4.78 is 0. The van der Waals surface area contributed by atoms with Gasteiger partial charge in [-0.15, -0.1) is 11.3 Å². The maximum absolute atomic E-state index is 11.9. The lowest BCUT2D eigenvalue weighted by atomic mass is 9.96. The van der Waals surface area contributed by atoms with E-state index in [1.54, 1.807) is 0 Å².